The number of nitrogens with one attached hydrogen (secondary N) is 1. The van der Waals surface area contributed by atoms with E-state index in [9.17, 15) is 22.8 Å². The molecular weight excluding hydrogens is 339 g/mol. The Hall–Kier alpha value is -1.96. The third-order valence-corrected chi connectivity index (χ3v) is 3.96. The summed E-state index contributed by atoms with van der Waals surface area (Å²) in [5, 5.41) is 10.9. The Morgan fingerprint density at radius 2 is 2.04 bits per heavy atom. The molecule has 1 aromatic carbocycles. The summed E-state index contributed by atoms with van der Waals surface area (Å²) >= 11 is 5.68. The van der Waals surface area contributed by atoms with Crippen LogP contribution in [0.15, 0.2) is 18.2 Å². The maximum absolute atomic E-state index is 12.4. The maximum Gasteiger partial charge on any atom is 0.573 e. The third kappa shape index (κ3) is 3.87. The fourth-order valence-corrected chi connectivity index (χ4v) is 2.85. The minimum Gasteiger partial charge on any atom is -0.465 e. The summed E-state index contributed by atoms with van der Waals surface area (Å²) in [6, 6.07) is 3.42. The van der Waals surface area contributed by atoms with Gasteiger partial charge in [0.05, 0.1) is 5.02 Å². The lowest BCUT2D eigenvalue weighted by Gasteiger charge is -2.36. The van der Waals surface area contributed by atoms with E-state index in [-0.39, 0.29) is 23.4 Å². The van der Waals surface area contributed by atoms with E-state index in [1.165, 1.54) is 6.07 Å². The van der Waals surface area contributed by atoms with Crippen LogP contribution in [0.2, 0.25) is 5.02 Å². The Labute approximate surface area is 134 Å². The first-order valence-corrected chi connectivity index (χ1v) is 7.12. The van der Waals surface area contributed by atoms with Gasteiger partial charge in [-0.1, -0.05) is 17.7 Å². The van der Waals surface area contributed by atoms with Gasteiger partial charge in [0.2, 0.25) is 0 Å². The van der Waals surface area contributed by atoms with E-state index >= 15 is 0 Å². The van der Waals surface area contributed by atoms with Gasteiger partial charge in [-0.05, 0) is 37.0 Å². The summed E-state index contributed by atoms with van der Waals surface area (Å²) < 4.78 is 41.1. The number of alkyl halides is 3. The van der Waals surface area contributed by atoms with Crippen molar-refractivity contribution in [3.63, 3.8) is 0 Å². The zero-order chi connectivity index (χ0) is 17.3. The molecule has 1 atom stereocenters. The van der Waals surface area contributed by atoms with Crippen LogP contribution in [-0.2, 0) is 10.3 Å². The number of Topliss-reactive ketones (excluding diaryl/α,β-unsaturated/α-hetero) is 1. The van der Waals surface area contributed by atoms with Gasteiger partial charge in [-0.15, -0.1) is 13.2 Å². The van der Waals surface area contributed by atoms with Crippen molar-refractivity contribution < 1.29 is 32.6 Å². The number of carboxylic acid groups (broad SMARTS) is 1. The van der Waals surface area contributed by atoms with Gasteiger partial charge in [0, 0.05) is 6.42 Å². The zero-order valence-corrected chi connectivity index (χ0v) is 12.5. The number of ether oxygens (including phenoxy) is 1. The topological polar surface area (TPSA) is 75.6 Å². The lowest BCUT2D eigenvalue weighted by Crippen LogP contribution is -2.52. The molecular formula is C14H13ClF3NO4. The summed E-state index contributed by atoms with van der Waals surface area (Å²) in [5.74, 6) is -1.08. The van der Waals surface area contributed by atoms with E-state index in [2.05, 4.69) is 10.1 Å². The molecule has 1 amide bonds. The number of halogens is 4. The average molecular weight is 352 g/mol. The maximum atomic E-state index is 12.4. The molecule has 0 radical (unpaired) electrons. The lowest BCUT2D eigenvalue weighted by molar-refractivity contribution is -0.274. The van der Waals surface area contributed by atoms with Crippen LogP contribution in [0.5, 0.6) is 5.75 Å². The largest absolute Gasteiger partial charge is 0.573 e. The third-order valence-electron chi connectivity index (χ3n) is 3.65. The highest BCUT2D eigenvalue weighted by atomic mass is 35.5. The molecule has 126 valence electrons. The van der Waals surface area contributed by atoms with E-state index in [1.54, 1.807) is 0 Å². The second kappa shape index (κ2) is 6.27. The number of rotatable bonds is 3. The molecule has 0 unspecified atom stereocenters. The number of hydrogen-bond donors (Lipinski definition) is 2. The van der Waals surface area contributed by atoms with E-state index in [1.807, 2.05) is 0 Å². The first-order valence-electron chi connectivity index (χ1n) is 6.74. The zero-order valence-electron chi connectivity index (χ0n) is 11.7. The van der Waals surface area contributed by atoms with E-state index in [0.29, 0.717) is 12.8 Å². The fraction of sp³-hybridized carbons (Fsp3) is 0.429. The molecule has 1 aliphatic carbocycles. The van der Waals surface area contributed by atoms with Gasteiger partial charge in [0.1, 0.15) is 11.3 Å². The average Bonchev–Trinajstić information content (AvgIpc) is 2.42. The summed E-state index contributed by atoms with van der Waals surface area (Å²) in [6.07, 6.45) is -4.94. The molecule has 0 saturated heterocycles. The van der Waals surface area contributed by atoms with Crippen molar-refractivity contribution >= 4 is 23.5 Å². The standard InChI is InChI=1S/C14H13ClF3NO4/c15-9-5-4-8(7-10(9)23-14(16,17)18)13(19-12(21)22)6-2-1-3-11(13)20/h4-5,7,19H,1-3,6H2,(H,21,22)/t13-/m1/s1. The van der Waals surface area contributed by atoms with Crippen molar-refractivity contribution in [1.82, 2.24) is 5.32 Å². The molecule has 0 spiro atoms. The highest BCUT2D eigenvalue weighted by molar-refractivity contribution is 6.32. The first kappa shape index (κ1) is 17.4. The molecule has 2 rings (SSSR count). The highest BCUT2D eigenvalue weighted by Gasteiger charge is 2.43. The van der Waals surface area contributed by atoms with E-state index < -0.39 is 29.5 Å². The number of benzene rings is 1. The minimum atomic E-state index is -4.95. The van der Waals surface area contributed by atoms with Crippen LogP contribution in [0.4, 0.5) is 18.0 Å². The second-order valence-corrected chi connectivity index (χ2v) is 5.57. The quantitative estimate of drug-likeness (QED) is 0.867. The fourth-order valence-electron chi connectivity index (χ4n) is 2.69. The summed E-state index contributed by atoms with van der Waals surface area (Å²) in [6.45, 7) is 0. The molecule has 5 nitrogen and oxygen atoms in total. The Morgan fingerprint density at radius 3 is 2.61 bits per heavy atom. The molecule has 1 fully saturated rings. The minimum absolute atomic E-state index is 0.0771. The summed E-state index contributed by atoms with van der Waals surface area (Å²) in [4.78, 5) is 23.4. The number of carbonyl (C=O) groups excluding carboxylic acids is 1. The van der Waals surface area contributed by atoms with Gasteiger partial charge in [-0.3, -0.25) is 4.79 Å². The van der Waals surface area contributed by atoms with Crippen LogP contribution in [-0.4, -0.2) is 23.3 Å². The second-order valence-electron chi connectivity index (χ2n) is 5.16. The molecule has 9 heteroatoms. The van der Waals surface area contributed by atoms with Crippen molar-refractivity contribution in [3.8, 4) is 5.75 Å². The number of ketones is 1. The molecule has 0 bridgehead atoms. The predicted molar refractivity (Wildman–Crippen MR) is 74.4 cm³/mol. The molecule has 0 aromatic heterocycles. The monoisotopic (exact) mass is 351 g/mol. The molecule has 23 heavy (non-hydrogen) atoms. The van der Waals surface area contributed by atoms with Crippen LogP contribution in [0.25, 0.3) is 0 Å². The van der Waals surface area contributed by atoms with Crippen molar-refractivity contribution in [2.45, 2.75) is 37.6 Å². The van der Waals surface area contributed by atoms with Gasteiger partial charge < -0.3 is 15.2 Å². The van der Waals surface area contributed by atoms with Crippen LogP contribution >= 0.6 is 11.6 Å². The van der Waals surface area contributed by atoms with Gasteiger partial charge in [0.15, 0.2) is 5.78 Å². The van der Waals surface area contributed by atoms with Crippen LogP contribution in [0, 0.1) is 0 Å². The van der Waals surface area contributed by atoms with Crippen molar-refractivity contribution in [2.24, 2.45) is 0 Å². The number of amides is 1. The SMILES string of the molecule is O=C(O)N[C@@]1(c2ccc(Cl)c(OC(F)(F)F)c2)CCCCC1=O. The van der Waals surface area contributed by atoms with Crippen molar-refractivity contribution in [2.75, 3.05) is 0 Å². The molecule has 2 N–H and O–H groups in total. The Kier molecular flexibility index (Phi) is 4.74. The van der Waals surface area contributed by atoms with Gasteiger partial charge in [-0.2, -0.15) is 0 Å². The summed E-state index contributed by atoms with van der Waals surface area (Å²) in [5.41, 5.74) is -1.51. The molecule has 0 heterocycles. The Balaban J connectivity index is 2.49. The molecule has 0 aliphatic heterocycles. The first-order chi connectivity index (χ1) is 10.6. The summed E-state index contributed by atoms with van der Waals surface area (Å²) in [7, 11) is 0. The molecule has 1 saturated carbocycles. The van der Waals surface area contributed by atoms with Crippen LogP contribution < -0.4 is 10.1 Å². The van der Waals surface area contributed by atoms with Crippen LogP contribution in [0.3, 0.4) is 0 Å². The number of hydrogen-bond acceptors (Lipinski definition) is 3. The van der Waals surface area contributed by atoms with Crippen molar-refractivity contribution in [3.05, 3.63) is 28.8 Å². The molecule has 1 aromatic rings. The van der Waals surface area contributed by atoms with E-state index in [4.69, 9.17) is 16.7 Å². The lowest BCUT2D eigenvalue weighted by atomic mass is 9.75. The highest BCUT2D eigenvalue weighted by Crippen LogP contribution is 2.39. The van der Waals surface area contributed by atoms with Gasteiger partial charge in [-0.25, -0.2) is 4.79 Å². The number of carbonyl (C=O) groups is 2. The van der Waals surface area contributed by atoms with Crippen LogP contribution in [0.1, 0.15) is 31.2 Å². The smallest absolute Gasteiger partial charge is 0.465 e. The molecule has 1 aliphatic rings. The normalized spacial score (nSPS) is 21.8. The van der Waals surface area contributed by atoms with E-state index in [0.717, 1.165) is 12.1 Å². The van der Waals surface area contributed by atoms with Crippen molar-refractivity contribution in [1.29, 1.82) is 0 Å². The van der Waals surface area contributed by atoms with Gasteiger partial charge >= 0.3 is 12.5 Å². The van der Waals surface area contributed by atoms with Gasteiger partial charge in [0.25, 0.3) is 0 Å². The Morgan fingerprint density at radius 1 is 1.35 bits per heavy atom. The Bertz CT molecular complexity index is 635. The predicted octanol–water partition coefficient (Wildman–Crippen LogP) is 3.84.